The molecule has 0 radical (unpaired) electrons. The molecule has 1 aromatic heterocycles. The van der Waals surface area contributed by atoms with Gasteiger partial charge in [-0.1, -0.05) is 18.2 Å². The van der Waals surface area contributed by atoms with Crippen LogP contribution >= 0.6 is 0 Å². The van der Waals surface area contributed by atoms with Gasteiger partial charge in [-0.15, -0.1) is 0 Å². The molecular formula is C13H14N2O. The molecule has 0 saturated carbocycles. The summed E-state index contributed by atoms with van der Waals surface area (Å²) in [4.78, 5) is 8.59. The molecule has 0 amide bonds. The molecule has 0 bridgehead atoms. The Balaban J connectivity index is 2.35. The molecule has 0 saturated heterocycles. The summed E-state index contributed by atoms with van der Waals surface area (Å²) in [6.45, 7) is 5.74. The zero-order chi connectivity index (χ0) is 11.5. The van der Waals surface area contributed by atoms with E-state index < -0.39 is 0 Å². The average Bonchev–Trinajstić information content (AvgIpc) is 2.25. The highest BCUT2D eigenvalue weighted by Gasteiger charge is 2.08. The lowest BCUT2D eigenvalue weighted by Crippen LogP contribution is -1.99. The van der Waals surface area contributed by atoms with Gasteiger partial charge in [-0.05, 0) is 32.9 Å². The van der Waals surface area contributed by atoms with Crippen molar-refractivity contribution in [3.8, 4) is 11.5 Å². The molecule has 0 aliphatic rings. The van der Waals surface area contributed by atoms with E-state index in [1.807, 2.05) is 51.1 Å². The second-order valence-electron chi connectivity index (χ2n) is 3.69. The molecule has 16 heavy (non-hydrogen) atoms. The fraction of sp³-hybridized carbons (Fsp3) is 0.231. The van der Waals surface area contributed by atoms with E-state index in [0.29, 0.717) is 0 Å². The molecular weight excluding hydrogens is 200 g/mol. The minimum absolute atomic E-state index is 0.747. The van der Waals surface area contributed by atoms with Crippen molar-refractivity contribution in [1.29, 1.82) is 0 Å². The largest absolute Gasteiger partial charge is 0.454 e. The summed E-state index contributed by atoms with van der Waals surface area (Å²) in [6, 6.07) is 9.67. The maximum absolute atomic E-state index is 5.77. The smallest absolute Gasteiger partial charge is 0.169 e. The second-order valence-corrected chi connectivity index (χ2v) is 3.69. The maximum Gasteiger partial charge on any atom is 0.169 e. The van der Waals surface area contributed by atoms with Gasteiger partial charge in [-0.3, -0.25) is 0 Å². The van der Waals surface area contributed by atoms with Crippen LogP contribution in [0.1, 0.15) is 17.2 Å². The highest BCUT2D eigenvalue weighted by Crippen LogP contribution is 2.26. The molecule has 0 aliphatic heterocycles. The molecule has 82 valence electrons. The SMILES string of the molecule is Cc1nc(C)c(Oc2ccccc2)c(C)n1. The van der Waals surface area contributed by atoms with Crippen molar-refractivity contribution in [2.75, 3.05) is 0 Å². The fourth-order valence-corrected chi connectivity index (χ4v) is 1.63. The van der Waals surface area contributed by atoms with Crippen molar-refractivity contribution >= 4 is 0 Å². The number of aryl methyl sites for hydroxylation is 3. The van der Waals surface area contributed by atoms with Gasteiger partial charge in [0.1, 0.15) is 11.6 Å². The highest BCUT2D eigenvalue weighted by atomic mass is 16.5. The molecule has 1 heterocycles. The number of benzene rings is 1. The highest BCUT2D eigenvalue weighted by molar-refractivity contribution is 5.36. The number of hydrogen-bond acceptors (Lipinski definition) is 3. The Kier molecular flexibility index (Phi) is 2.86. The minimum atomic E-state index is 0.747. The summed E-state index contributed by atoms with van der Waals surface area (Å²) in [5.74, 6) is 2.33. The Morgan fingerprint density at radius 1 is 0.875 bits per heavy atom. The van der Waals surface area contributed by atoms with Gasteiger partial charge in [-0.2, -0.15) is 0 Å². The normalized spacial score (nSPS) is 10.2. The number of nitrogens with zero attached hydrogens (tertiary/aromatic N) is 2. The summed E-state index contributed by atoms with van der Waals surface area (Å²) in [7, 11) is 0. The van der Waals surface area contributed by atoms with Crippen molar-refractivity contribution < 1.29 is 4.74 Å². The Labute approximate surface area is 95.1 Å². The summed E-state index contributed by atoms with van der Waals surface area (Å²) in [5.41, 5.74) is 1.74. The lowest BCUT2D eigenvalue weighted by molar-refractivity contribution is 0.467. The van der Waals surface area contributed by atoms with Crippen LogP contribution in [-0.2, 0) is 0 Å². The van der Waals surface area contributed by atoms with Crippen LogP contribution in [-0.4, -0.2) is 9.97 Å². The summed E-state index contributed by atoms with van der Waals surface area (Å²) >= 11 is 0. The summed E-state index contributed by atoms with van der Waals surface area (Å²) < 4.78 is 5.77. The second kappa shape index (κ2) is 4.31. The van der Waals surface area contributed by atoms with Crippen molar-refractivity contribution in [3.63, 3.8) is 0 Å². The minimum Gasteiger partial charge on any atom is -0.454 e. The number of para-hydroxylation sites is 1. The van der Waals surface area contributed by atoms with Gasteiger partial charge >= 0.3 is 0 Å². The van der Waals surface area contributed by atoms with Crippen LogP contribution in [0.2, 0.25) is 0 Å². The first-order valence-corrected chi connectivity index (χ1v) is 5.21. The quantitative estimate of drug-likeness (QED) is 0.770. The first-order chi connectivity index (χ1) is 7.66. The van der Waals surface area contributed by atoms with E-state index in [1.54, 1.807) is 0 Å². The molecule has 0 unspecified atom stereocenters. The molecule has 0 atom stereocenters. The third-order valence-electron chi connectivity index (χ3n) is 2.28. The van der Waals surface area contributed by atoms with Gasteiger partial charge in [0.05, 0.1) is 11.4 Å². The molecule has 3 nitrogen and oxygen atoms in total. The van der Waals surface area contributed by atoms with E-state index >= 15 is 0 Å². The summed E-state index contributed by atoms with van der Waals surface area (Å²) in [6.07, 6.45) is 0. The van der Waals surface area contributed by atoms with Crippen molar-refractivity contribution in [2.45, 2.75) is 20.8 Å². The zero-order valence-corrected chi connectivity index (χ0v) is 9.69. The van der Waals surface area contributed by atoms with E-state index in [-0.39, 0.29) is 0 Å². The van der Waals surface area contributed by atoms with Crippen LogP contribution in [0.15, 0.2) is 30.3 Å². The van der Waals surface area contributed by atoms with Gasteiger partial charge in [-0.25, -0.2) is 9.97 Å². The van der Waals surface area contributed by atoms with Gasteiger partial charge in [0, 0.05) is 0 Å². The topological polar surface area (TPSA) is 35.0 Å². The van der Waals surface area contributed by atoms with Crippen molar-refractivity contribution in [2.24, 2.45) is 0 Å². The number of aromatic nitrogens is 2. The van der Waals surface area contributed by atoms with Crippen molar-refractivity contribution in [3.05, 3.63) is 47.5 Å². The van der Waals surface area contributed by atoms with Crippen molar-refractivity contribution in [1.82, 2.24) is 9.97 Å². The van der Waals surface area contributed by atoms with E-state index in [2.05, 4.69) is 9.97 Å². The summed E-state index contributed by atoms with van der Waals surface area (Å²) in [5, 5.41) is 0. The molecule has 0 N–H and O–H groups in total. The fourth-order valence-electron chi connectivity index (χ4n) is 1.63. The maximum atomic E-state index is 5.77. The zero-order valence-electron chi connectivity index (χ0n) is 9.69. The molecule has 1 aromatic carbocycles. The van der Waals surface area contributed by atoms with E-state index in [4.69, 9.17) is 4.74 Å². The van der Waals surface area contributed by atoms with Crippen LogP contribution in [0.3, 0.4) is 0 Å². The Morgan fingerprint density at radius 2 is 1.44 bits per heavy atom. The molecule has 3 heteroatoms. The van der Waals surface area contributed by atoms with Gasteiger partial charge in [0.15, 0.2) is 5.75 Å². The Bertz CT molecular complexity index is 472. The first kappa shape index (κ1) is 10.6. The van der Waals surface area contributed by atoms with Crippen LogP contribution in [0.25, 0.3) is 0 Å². The third-order valence-corrected chi connectivity index (χ3v) is 2.28. The van der Waals surface area contributed by atoms with Crippen LogP contribution in [0, 0.1) is 20.8 Å². The Morgan fingerprint density at radius 3 is 2.00 bits per heavy atom. The molecule has 2 aromatic rings. The monoisotopic (exact) mass is 214 g/mol. The van der Waals surface area contributed by atoms with Gasteiger partial charge in [0.2, 0.25) is 0 Å². The average molecular weight is 214 g/mol. The molecule has 0 spiro atoms. The van der Waals surface area contributed by atoms with E-state index in [0.717, 1.165) is 28.7 Å². The third kappa shape index (κ3) is 2.19. The first-order valence-electron chi connectivity index (χ1n) is 5.21. The van der Waals surface area contributed by atoms with Crippen LogP contribution < -0.4 is 4.74 Å². The lowest BCUT2D eigenvalue weighted by atomic mass is 10.3. The standard InChI is InChI=1S/C13H14N2O/c1-9-13(10(2)15-11(3)14-9)16-12-7-5-4-6-8-12/h4-8H,1-3H3. The molecule has 0 aliphatic carbocycles. The molecule has 0 fully saturated rings. The van der Waals surface area contributed by atoms with Gasteiger partial charge < -0.3 is 4.74 Å². The van der Waals surface area contributed by atoms with E-state index in [1.165, 1.54) is 0 Å². The molecule has 2 rings (SSSR count). The number of hydrogen-bond donors (Lipinski definition) is 0. The van der Waals surface area contributed by atoms with Crippen LogP contribution in [0.4, 0.5) is 0 Å². The van der Waals surface area contributed by atoms with Crippen LogP contribution in [0.5, 0.6) is 11.5 Å². The predicted octanol–water partition coefficient (Wildman–Crippen LogP) is 3.19. The number of ether oxygens (including phenoxy) is 1. The predicted molar refractivity (Wildman–Crippen MR) is 62.8 cm³/mol. The van der Waals surface area contributed by atoms with E-state index in [9.17, 15) is 0 Å². The number of rotatable bonds is 2. The lowest BCUT2D eigenvalue weighted by Gasteiger charge is -2.10. The Hall–Kier alpha value is -1.90. The van der Waals surface area contributed by atoms with Gasteiger partial charge in [0.25, 0.3) is 0 Å².